The van der Waals surface area contributed by atoms with Crippen LogP contribution in [0.25, 0.3) is 0 Å². The van der Waals surface area contributed by atoms with Crippen molar-refractivity contribution in [2.24, 2.45) is 11.7 Å². The minimum absolute atomic E-state index is 0.0321. The molecular formula is C23H43N3O3S. The minimum atomic E-state index is -1.15. The predicted octanol–water partition coefficient (Wildman–Crippen LogP) is 3.52. The number of carbonyl (C=O) groups is 1. The van der Waals surface area contributed by atoms with Crippen molar-refractivity contribution in [3.05, 3.63) is 24.3 Å². The smallest absolute Gasteiger partial charge is 0.235 e. The number of nitrogens with zero attached hydrogens (tertiary/aromatic N) is 2. The van der Waals surface area contributed by atoms with E-state index in [4.69, 9.17) is 10.5 Å². The lowest BCUT2D eigenvalue weighted by molar-refractivity contribution is -0.128. The molecule has 0 bridgehead atoms. The van der Waals surface area contributed by atoms with E-state index in [1.54, 1.807) is 0 Å². The summed E-state index contributed by atoms with van der Waals surface area (Å²) in [5, 5.41) is 0. The van der Waals surface area contributed by atoms with Crippen LogP contribution in [-0.2, 0) is 15.6 Å². The van der Waals surface area contributed by atoms with Crippen LogP contribution < -0.4 is 15.4 Å². The molecule has 0 radical (unpaired) electrons. The van der Waals surface area contributed by atoms with Crippen LogP contribution >= 0.6 is 0 Å². The monoisotopic (exact) mass is 441 g/mol. The molecule has 1 amide bonds. The predicted molar refractivity (Wildman–Crippen MR) is 130 cm³/mol. The highest BCUT2D eigenvalue weighted by Crippen LogP contribution is 2.21. The van der Waals surface area contributed by atoms with Crippen molar-refractivity contribution in [1.82, 2.24) is 4.90 Å². The number of rotatable bonds is 7. The molecule has 7 heteroatoms. The van der Waals surface area contributed by atoms with E-state index in [2.05, 4.69) is 37.8 Å². The Kier molecular flexibility index (Phi) is 16.2. The number of benzene rings is 1. The lowest BCUT2D eigenvalue weighted by Gasteiger charge is -2.24. The lowest BCUT2D eigenvalue weighted by Crippen LogP contribution is -2.38. The molecule has 30 heavy (non-hydrogen) atoms. The molecule has 0 saturated carbocycles. The first-order valence-electron chi connectivity index (χ1n) is 11.2. The molecule has 1 aromatic rings. The highest BCUT2D eigenvalue weighted by atomic mass is 32.2. The van der Waals surface area contributed by atoms with Gasteiger partial charge in [0.05, 0.1) is 6.61 Å². The standard InChI is InChI=1S/C17H27N3O3S.C4H10.C2H6/c1-2-23-16-6-4-15(5-7-16)19-9-3-10-20(12-11-19)17(21)14-24(22)13-8-18;1-4(2)3;1-2/h4-7H,2-3,8-14,18H2,1H3;4H,1-3H3;1-2H3. The topological polar surface area (TPSA) is 75.9 Å². The molecule has 6 nitrogen and oxygen atoms in total. The van der Waals surface area contributed by atoms with E-state index in [9.17, 15) is 9.00 Å². The maximum absolute atomic E-state index is 12.3. The first-order chi connectivity index (χ1) is 14.4. The van der Waals surface area contributed by atoms with Crippen molar-refractivity contribution in [2.75, 3.05) is 55.7 Å². The number of hydrogen-bond acceptors (Lipinski definition) is 5. The molecule has 1 aliphatic heterocycles. The molecule has 1 atom stereocenters. The molecule has 1 aliphatic rings. The summed E-state index contributed by atoms with van der Waals surface area (Å²) in [6.07, 6.45) is 0.905. The number of nitrogens with two attached hydrogens (primary N) is 1. The van der Waals surface area contributed by atoms with E-state index in [1.807, 2.05) is 37.8 Å². The maximum Gasteiger partial charge on any atom is 0.235 e. The average molecular weight is 442 g/mol. The second kappa shape index (κ2) is 17.1. The number of carbonyl (C=O) groups excluding carboxylic acids is 1. The summed E-state index contributed by atoms with van der Waals surface area (Å²) < 4.78 is 17.2. The Morgan fingerprint density at radius 2 is 1.70 bits per heavy atom. The van der Waals surface area contributed by atoms with E-state index in [0.717, 1.165) is 36.9 Å². The summed E-state index contributed by atoms with van der Waals surface area (Å²) in [5.74, 6) is 2.14. The average Bonchev–Trinajstić information content (AvgIpc) is 2.96. The molecule has 0 aliphatic carbocycles. The van der Waals surface area contributed by atoms with E-state index in [1.165, 1.54) is 0 Å². The van der Waals surface area contributed by atoms with Gasteiger partial charge in [-0.25, -0.2) is 0 Å². The van der Waals surface area contributed by atoms with Gasteiger partial charge in [0, 0.05) is 55.0 Å². The molecule has 1 saturated heterocycles. The van der Waals surface area contributed by atoms with Crippen molar-refractivity contribution in [3.8, 4) is 5.75 Å². The Morgan fingerprint density at radius 1 is 1.10 bits per heavy atom. The van der Waals surface area contributed by atoms with Gasteiger partial charge in [-0.05, 0) is 43.5 Å². The number of amides is 1. The van der Waals surface area contributed by atoms with Gasteiger partial charge >= 0.3 is 0 Å². The van der Waals surface area contributed by atoms with E-state index >= 15 is 0 Å². The van der Waals surface area contributed by atoms with Crippen molar-refractivity contribution >= 4 is 22.4 Å². The SMILES string of the molecule is CC.CC(C)C.CCOc1ccc(N2CCCN(C(=O)CS(=O)CCN)CC2)cc1. The molecule has 2 rings (SSSR count). The summed E-state index contributed by atoms with van der Waals surface area (Å²) in [6, 6.07) is 8.06. The molecule has 1 fully saturated rings. The highest BCUT2D eigenvalue weighted by molar-refractivity contribution is 7.85. The van der Waals surface area contributed by atoms with Gasteiger partial charge in [-0.15, -0.1) is 0 Å². The third-order valence-corrected chi connectivity index (χ3v) is 5.25. The zero-order valence-corrected chi connectivity index (χ0v) is 20.7. The Balaban J connectivity index is 0.00000125. The fourth-order valence-corrected chi connectivity index (χ4v) is 3.64. The quantitative estimate of drug-likeness (QED) is 0.701. The van der Waals surface area contributed by atoms with Gasteiger partial charge in [0.2, 0.25) is 5.91 Å². The van der Waals surface area contributed by atoms with E-state index < -0.39 is 10.8 Å². The second-order valence-electron chi connectivity index (χ2n) is 7.46. The van der Waals surface area contributed by atoms with Gasteiger partial charge < -0.3 is 20.3 Å². The zero-order chi connectivity index (χ0) is 22.9. The molecule has 1 heterocycles. The second-order valence-corrected chi connectivity index (χ2v) is 9.03. The van der Waals surface area contributed by atoms with Gasteiger partial charge in [0.25, 0.3) is 0 Å². The van der Waals surface area contributed by atoms with Crippen LogP contribution in [0.5, 0.6) is 5.75 Å². The van der Waals surface area contributed by atoms with Crippen LogP contribution in [0.3, 0.4) is 0 Å². The third kappa shape index (κ3) is 12.2. The maximum atomic E-state index is 12.3. The number of anilines is 1. The van der Waals surface area contributed by atoms with Crippen LogP contribution in [0.15, 0.2) is 24.3 Å². The minimum Gasteiger partial charge on any atom is -0.494 e. The Hall–Kier alpha value is -1.60. The van der Waals surface area contributed by atoms with E-state index in [-0.39, 0.29) is 11.7 Å². The molecule has 0 spiro atoms. The largest absolute Gasteiger partial charge is 0.494 e. The normalized spacial score (nSPS) is 14.7. The van der Waals surface area contributed by atoms with Crippen LogP contribution in [0.2, 0.25) is 0 Å². The number of ether oxygens (including phenoxy) is 1. The van der Waals surface area contributed by atoms with Gasteiger partial charge in [-0.2, -0.15) is 0 Å². The van der Waals surface area contributed by atoms with Gasteiger partial charge in [0.1, 0.15) is 11.5 Å². The highest BCUT2D eigenvalue weighted by Gasteiger charge is 2.20. The summed E-state index contributed by atoms with van der Waals surface area (Å²) >= 11 is 0. The fourth-order valence-electron chi connectivity index (χ4n) is 2.78. The van der Waals surface area contributed by atoms with Crippen molar-refractivity contribution in [3.63, 3.8) is 0 Å². The van der Waals surface area contributed by atoms with Crippen molar-refractivity contribution < 1.29 is 13.7 Å². The summed E-state index contributed by atoms with van der Waals surface area (Å²) in [6.45, 7) is 16.5. The van der Waals surface area contributed by atoms with Gasteiger partial charge in [0.15, 0.2) is 0 Å². The molecular weight excluding hydrogens is 398 g/mol. The van der Waals surface area contributed by atoms with E-state index in [0.29, 0.717) is 32.0 Å². The van der Waals surface area contributed by atoms with Crippen LogP contribution in [0.4, 0.5) is 5.69 Å². The summed E-state index contributed by atoms with van der Waals surface area (Å²) in [4.78, 5) is 16.4. The van der Waals surface area contributed by atoms with Gasteiger partial charge in [-0.3, -0.25) is 9.00 Å². The first kappa shape index (κ1) is 28.4. The van der Waals surface area contributed by atoms with Crippen molar-refractivity contribution in [1.29, 1.82) is 0 Å². The van der Waals surface area contributed by atoms with Crippen LogP contribution in [0, 0.1) is 5.92 Å². The van der Waals surface area contributed by atoms with Crippen LogP contribution in [0.1, 0.15) is 48.0 Å². The van der Waals surface area contributed by atoms with Crippen LogP contribution in [-0.4, -0.2) is 65.9 Å². The van der Waals surface area contributed by atoms with Gasteiger partial charge in [-0.1, -0.05) is 34.6 Å². The molecule has 0 aromatic heterocycles. The number of hydrogen-bond donors (Lipinski definition) is 1. The third-order valence-electron chi connectivity index (χ3n) is 3.99. The molecule has 1 unspecified atom stereocenters. The zero-order valence-electron chi connectivity index (χ0n) is 19.9. The molecule has 174 valence electrons. The Morgan fingerprint density at radius 3 is 2.23 bits per heavy atom. The summed E-state index contributed by atoms with van der Waals surface area (Å²) in [5.41, 5.74) is 6.53. The Bertz CT molecular complexity index is 591. The lowest BCUT2D eigenvalue weighted by atomic mass is 10.2. The molecule has 1 aromatic carbocycles. The summed E-state index contributed by atoms with van der Waals surface area (Å²) in [7, 11) is -1.15. The first-order valence-corrected chi connectivity index (χ1v) is 12.7. The fraction of sp³-hybridized carbons (Fsp3) is 0.696. The van der Waals surface area contributed by atoms with Crippen molar-refractivity contribution in [2.45, 2.75) is 48.0 Å². The molecule has 2 N–H and O–H groups in total. The Labute approximate surface area is 186 Å².